The molecule has 1 heterocycles. The number of rotatable bonds is 1. The molecule has 1 fully saturated rings. The molecule has 1 aliphatic rings. The Bertz CT molecular complexity index is 445. The first-order chi connectivity index (χ1) is 7.85. The fraction of sp³-hybridized carbons (Fsp3) is 0.500. The second-order valence-electron chi connectivity index (χ2n) is 5.68. The van der Waals surface area contributed by atoms with Gasteiger partial charge in [-0.05, 0) is 38.5 Å². The Kier molecular flexibility index (Phi) is 2.71. The highest BCUT2D eigenvalue weighted by Crippen LogP contribution is 2.39. The molecule has 1 aromatic rings. The summed E-state index contributed by atoms with van der Waals surface area (Å²) in [6.07, 6.45) is 0. The summed E-state index contributed by atoms with van der Waals surface area (Å²) >= 11 is 0. The van der Waals surface area contributed by atoms with Crippen LogP contribution in [0.2, 0.25) is 0 Å². The summed E-state index contributed by atoms with van der Waals surface area (Å²) in [5.74, 6) is 0. The van der Waals surface area contributed by atoms with Crippen molar-refractivity contribution in [2.75, 3.05) is 13.1 Å². The van der Waals surface area contributed by atoms with Crippen LogP contribution in [0.5, 0.6) is 0 Å². The molecule has 2 rings (SSSR count). The van der Waals surface area contributed by atoms with Crippen LogP contribution in [0, 0.1) is 11.3 Å². The molecule has 0 atom stereocenters. The molecule has 0 aromatic heterocycles. The molecule has 1 saturated heterocycles. The molecule has 17 heavy (non-hydrogen) atoms. The summed E-state index contributed by atoms with van der Waals surface area (Å²) in [5.41, 5.74) is 0.0186. The number of nitrogens with zero attached hydrogens (tertiary/aromatic N) is 2. The lowest BCUT2D eigenvalue weighted by Crippen LogP contribution is -2.62. The average Bonchev–Trinajstić information content (AvgIpc) is 2.23. The van der Waals surface area contributed by atoms with E-state index in [1.807, 2.05) is 6.07 Å². The van der Waals surface area contributed by atoms with E-state index in [0.717, 1.165) is 0 Å². The summed E-state index contributed by atoms with van der Waals surface area (Å²) in [4.78, 5) is 2.12. The van der Waals surface area contributed by atoms with Gasteiger partial charge in [-0.2, -0.15) is 5.26 Å². The third kappa shape index (κ3) is 2.18. The molecule has 2 nitrogen and oxygen atoms in total. The maximum Gasteiger partial charge on any atom is 0.161 e. The minimum Gasteiger partial charge on any atom is -0.291 e. The zero-order chi connectivity index (χ0) is 12.7. The molecule has 1 aromatic carbocycles. The van der Waals surface area contributed by atoms with E-state index in [2.05, 4.69) is 25.7 Å². The van der Waals surface area contributed by atoms with Gasteiger partial charge >= 0.3 is 0 Å². The van der Waals surface area contributed by atoms with Gasteiger partial charge < -0.3 is 0 Å². The van der Waals surface area contributed by atoms with Crippen LogP contribution in [-0.2, 0) is 5.67 Å². The highest BCUT2D eigenvalue weighted by atomic mass is 19.1. The maximum absolute atomic E-state index is 14.5. The fourth-order valence-corrected chi connectivity index (χ4v) is 2.06. The van der Waals surface area contributed by atoms with Crippen molar-refractivity contribution in [2.45, 2.75) is 32.0 Å². The van der Waals surface area contributed by atoms with E-state index in [4.69, 9.17) is 5.26 Å². The van der Waals surface area contributed by atoms with Crippen molar-refractivity contribution in [2.24, 2.45) is 0 Å². The van der Waals surface area contributed by atoms with E-state index in [1.54, 1.807) is 24.3 Å². The molecule has 0 aliphatic carbocycles. The van der Waals surface area contributed by atoms with Crippen LogP contribution in [0.15, 0.2) is 24.3 Å². The van der Waals surface area contributed by atoms with Gasteiger partial charge in [0.25, 0.3) is 0 Å². The minimum atomic E-state index is -1.25. The van der Waals surface area contributed by atoms with Crippen molar-refractivity contribution in [1.82, 2.24) is 4.90 Å². The van der Waals surface area contributed by atoms with Gasteiger partial charge in [0.15, 0.2) is 5.67 Å². The van der Waals surface area contributed by atoms with Crippen molar-refractivity contribution < 1.29 is 4.39 Å². The van der Waals surface area contributed by atoms with E-state index in [1.165, 1.54) is 0 Å². The minimum absolute atomic E-state index is 0.0161. The Morgan fingerprint density at radius 2 is 1.76 bits per heavy atom. The normalized spacial score (nSPS) is 19.5. The first-order valence-corrected chi connectivity index (χ1v) is 5.80. The Balaban J connectivity index is 2.12. The lowest BCUT2D eigenvalue weighted by atomic mass is 9.84. The molecule has 3 heteroatoms. The summed E-state index contributed by atoms with van der Waals surface area (Å²) in [6, 6.07) is 8.84. The summed E-state index contributed by atoms with van der Waals surface area (Å²) < 4.78 is 14.5. The molecule has 0 radical (unpaired) electrons. The highest BCUT2D eigenvalue weighted by molar-refractivity contribution is 5.35. The van der Waals surface area contributed by atoms with Crippen LogP contribution >= 0.6 is 0 Å². The molecule has 0 unspecified atom stereocenters. The van der Waals surface area contributed by atoms with Crippen molar-refractivity contribution in [3.05, 3.63) is 35.4 Å². The Hall–Kier alpha value is -1.40. The molecular formula is C14H17FN2. The van der Waals surface area contributed by atoms with Gasteiger partial charge in [-0.1, -0.05) is 12.1 Å². The molecule has 0 bridgehead atoms. The topological polar surface area (TPSA) is 27.0 Å². The van der Waals surface area contributed by atoms with Gasteiger partial charge in [-0.25, -0.2) is 4.39 Å². The quantitative estimate of drug-likeness (QED) is 0.744. The van der Waals surface area contributed by atoms with Crippen molar-refractivity contribution >= 4 is 0 Å². The van der Waals surface area contributed by atoms with Gasteiger partial charge in [-0.15, -0.1) is 0 Å². The first kappa shape index (κ1) is 12.1. The third-order valence-corrected chi connectivity index (χ3v) is 3.36. The standard InChI is InChI=1S/C14H17FN2/c1-13(2,3)17-9-14(15,10-17)12-6-4-11(8-16)5-7-12/h4-7H,9-10H2,1-3H3. The van der Waals surface area contributed by atoms with Crippen molar-refractivity contribution in [3.8, 4) is 6.07 Å². The van der Waals surface area contributed by atoms with E-state index >= 15 is 0 Å². The largest absolute Gasteiger partial charge is 0.291 e. The van der Waals surface area contributed by atoms with Crippen LogP contribution in [0.25, 0.3) is 0 Å². The zero-order valence-corrected chi connectivity index (χ0v) is 10.5. The van der Waals surface area contributed by atoms with Crippen LogP contribution in [0.1, 0.15) is 31.9 Å². The first-order valence-electron chi connectivity index (χ1n) is 5.80. The molecule has 0 spiro atoms. The molecule has 0 saturated carbocycles. The van der Waals surface area contributed by atoms with Crippen molar-refractivity contribution in [1.29, 1.82) is 5.26 Å². The molecule has 1 aliphatic heterocycles. The van der Waals surface area contributed by atoms with Gasteiger partial charge in [0.05, 0.1) is 11.6 Å². The molecule has 0 amide bonds. The summed E-state index contributed by atoms with van der Waals surface area (Å²) in [6.45, 7) is 7.13. The Morgan fingerprint density at radius 3 is 2.18 bits per heavy atom. The Morgan fingerprint density at radius 1 is 1.24 bits per heavy atom. The second kappa shape index (κ2) is 3.82. The highest BCUT2D eigenvalue weighted by Gasteiger charge is 2.48. The predicted octanol–water partition coefficient (Wildman–Crippen LogP) is 2.84. The number of alkyl halides is 1. The summed E-state index contributed by atoms with van der Waals surface area (Å²) in [7, 11) is 0. The van der Waals surface area contributed by atoms with Crippen molar-refractivity contribution in [3.63, 3.8) is 0 Å². The number of nitriles is 1. The zero-order valence-electron chi connectivity index (χ0n) is 10.5. The van der Waals surface area contributed by atoms with E-state index in [-0.39, 0.29) is 5.54 Å². The second-order valence-corrected chi connectivity index (χ2v) is 5.68. The molecule has 0 N–H and O–H groups in total. The number of likely N-dealkylation sites (tertiary alicyclic amines) is 1. The average molecular weight is 232 g/mol. The number of benzene rings is 1. The number of halogens is 1. The lowest BCUT2D eigenvalue weighted by molar-refractivity contribution is -0.0843. The lowest BCUT2D eigenvalue weighted by Gasteiger charge is -2.51. The van der Waals surface area contributed by atoms with Crippen LogP contribution in [0.4, 0.5) is 4.39 Å². The van der Waals surface area contributed by atoms with Gasteiger partial charge in [0.1, 0.15) is 0 Å². The number of hydrogen-bond acceptors (Lipinski definition) is 2. The SMILES string of the molecule is CC(C)(C)N1CC(F)(c2ccc(C#N)cc2)C1. The maximum atomic E-state index is 14.5. The van der Waals surface area contributed by atoms with Gasteiger partial charge in [-0.3, -0.25) is 4.90 Å². The number of hydrogen-bond donors (Lipinski definition) is 0. The smallest absolute Gasteiger partial charge is 0.161 e. The van der Waals surface area contributed by atoms with E-state index in [9.17, 15) is 4.39 Å². The van der Waals surface area contributed by atoms with E-state index < -0.39 is 5.67 Å². The van der Waals surface area contributed by atoms with E-state index in [0.29, 0.717) is 24.2 Å². The fourth-order valence-electron chi connectivity index (χ4n) is 2.06. The van der Waals surface area contributed by atoms with Crippen LogP contribution < -0.4 is 0 Å². The monoisotopic (exact) mass is 232 g/mol. The Labute approximate surface area is 102 Å². The van der Waals surface area contributed by atoms with Gasteiger partial charge in [0, 0.05) is 18.6 Å². The predicted molar refractivity (Wildman–Crippen MR) is 65.3 cm³/mol. The van der Waals surface area contributed by atoms with Crippen LogP contribution in [-0.4, -0.2) is 23.5 Å². The molecule has 90 valence electrons. The van der Waals surface area contributed by atoms with Crippen LogP contribution in [0.3, 0.4) is 0 Å². The van der Waals surface area contributed by atoms with Gasteiger partial charge in [0.2, 0.25) is 0 Å². The summed E-state index contributed by atoms with van der Waals surface area (Å²) in [5, 5.41) is 8.70. The third-order valence-electron chi connectivity index (χ3n) is 3.36. The molecular weight excluding hydrogens is 215 g/mol.